The van der Waals surface area contributed by atoms with E-state index in [1.807, 2.05) is 0 Å². The van der Waals surface area contributed by atoms with Crippen LogP contribution in [0.25, 0.3) is 0 Å². The molecule has 1 aromatic heterocycles. The van der Waals surface area contributed by atoms with Crippen molar-refractivity contribution >= 4 is 48.6 Å². The van der Waals surface area contributed by atoms with Gasteiger partial charge < -0.3 is 24.4 Å². The first-order chi connectivity index (χ1) is 21.6. The minimum Gasteiger partial charge on any atom is -0.462 e. The Bertz CT molecular complexity index is 1680. The number of anilines is 1. The molecule has 1 aliphatic heterocycles. The number of hydrogen-bond acceptors (Lipinski definition) is 10. The lowest BCUT2D eigenvalue weighted by Crippen LogP contribution is -2.42. The Morgan fingerprint density at radius 3 is 2.48 bits per heavy atom. The predicted octanol–water partition coefficient (Wildman–Crippen LogP) is 4.83. The van der Waals surface area contributed by atoms with E-state index in [1.54, 1.807) is 32.0 Å². The Balaban J connectivity index is 1.49. The lowest BCUT2D eigenvalue weighted by atomic mass is 10.1. The molecule has 46 heavy (non-hydrogen) atoms. The summed E-state index contributed by atoms with van der Waals surface area (Å²) in [4.78, 5) is 41.3. The summed E-state index contributed by atoms with van der Waals surface area (Å²) in [6.07, 6.45) is -6.34. The number of para-hydroxylation sites is 1. The molecule has 1 saturated heterocycles. The van der Waals surface area contributed by atoms with Gasteiger partial charge in [-0.15, -0.1) is 0 Å². The van der Waals surface area contributed by atoms with Crippen LogP contribution in [-0.4, -0.2) is 63.4 Å². The third-order valence-corrected chi connectivity index (χ3v) is 8.51. The van der Waals surface area contributed by atoms with Crippen molar-refractivity contribution in [3.05, 3.63) is 86.9 Å². The smallest absolute Gasteiger partial charge is 0.459 e. The summed E-state index contributed by atoms with van der Waals surface area (Å²) in [6.45, 7) is 3.63. The Hall–Kier alpha value is -3.43. The fourth-order valence-electron chi connectivity index (χ4n) is 4.13. The van der Waals surface area contributed by atoms with Gasteiger partial charge in [-0.1, -0.05) is 41.4 Å². The number of hydrogen-bond donors (Lipinski definition) is 3. The molecular formula is C28H29Cl2F2N4O9P. The van der Waals surface area contributed by atoms with E-state index in [9.17, 15) is 24.1 Å². The lowest BCUT2D eigenvalue weighted by molar-refractivity contribution is -0.149. The van der Waals surface area contributed by atoms with Crippen LogP contribution in [0.4, 0.5) is 14.6 Å². The standard InChI is InChI=1S/C28H29Cl2F2N4O9P/c1-15(2)43-25(39)16(3)35-46(41,45-18-7-5-4-6-8-18)42-14-21-23(37)28(31,32)26(44-21)36-12-11-22(34-27(36)40)33-24(38)19-10-9-17(29)13-20(19)30/h4-13,15-16,21,23,26,37H,14H2,1-3H3,(H,35,41)(H,33,34,38,40)/t16-,21-,23-,26?,46?/m1/s1. The third-order valence-electron chi connectivity index (χ3n) is 6.31. The molecule has 0 aliphatic carbocycles. The maximum atomic E-state index is 15.2. The average molecular weight is 705 g/mol. The predicted molar refractivity (Wildman–Crippen MR) is 162 cm³/mol. The monoisotopic (exact) mass is 704 g/mol. The highest BCUT2D eigenvalue weighted by Crippen LogP contribution is 2.48. The van der Waals surface area contributed by atoms with E-state index in [2.05, 4.69) is 15.4 Å². The Kier molecular flexibility index (Phi) is 11.2. The molecule has 4 rings (SSSR count). The number of carbonyl (C=O) groups excluding carboxylic acids is 2. The van der Waals surface area contributed by atoms with Gasteiger partial charge in [0.1, 0.15) is 23.7 Å². The number of esters is 1. The summed E-state index contributed by atoms with van der Waals surface area (Å²) in [6, 6.07) is 11.6. The maximum absolute atomic E-state index is 15.2. The van der Waals surface area contributed by atoms with Crippen LogP contribution < -0.4 is 20.6 Å². The number of rotatable bonds is 12. The first kappa shape index (κ1) is 35.4. The topological polar surface area (TPSA) is 167 Å². The summed E-state index contributed by atoms with van der Waals surface area (Å²) in [5, 5.41) is 15.5. The van der Waals surface area contributed by atoms with E-state index in [0.717, 1.165) is 12.3 Å². The molecule has 248 valence electrons. The zero-order valence-electron chi connectivity index (χ0n) is 24.4. The number of aromatic nitrogens is 2. The number of ether oxygens (including phenoxy) is 2. The number of alkyl halides is 2. The average Bonchev–Trinajstić information content (AvgIpc) is 3.19. The number of halogens is 4. The molecule has 13 nitrogen and oxygen atoms in total. The zero-order chi connectivity index (χ0) is 33.8. The van der Waals surface area contributed by atoms with Crippen LogP contribution in [0.5, 0.6) is 5.75 Å². The van der Waals surface area contributed by atoms with Gasteiger partial charge in [0.25, 0.3) is 5.91 Å². The van der Waals surface area contributed by atoms with Gasteiger partial charge in [-0.25, -0.2) is 9.36 Å². The van der Waals surface area contributed by atoms with Crippen molar-refractivity contribution < 1.29 is 46.6 Å². The highest BCUT2D eigenvalue weighted by atomic mass is 35.5. The molecule has 1 aliphatic rings. The minimum atomic E-state index is -4.49. The van der Waals surface area contributed by atoms with Gasteiger partial charge in [0.05, 0.1) is 23.3 Å². The summed E-state index contributed by atoms with van der Waals surface area (Å²) in [5.41, 5.74) is -1.24. The van der Waals surface area contributed by atoms with Gasteiger partial charge in [-0.2, -0.15) is 18.9 Å². The van der Waals surface area contributed by atoms with Gasteiger partial charge in [0.2, 0.25) is 6.23 Å². The van der Waals surface area contributed by atoms with Crippen molar-refractivity contribution in [2.75, 3.05) is 11.9 Å². The van der Waals surface area contributed by atoms with Gasteiger partial charge in [-0.3, -0.25) is 18.7 Å². The summed E-state index contributed by atoms with van der Waals surface area (Å²) in [7, 11) is -4.49. The highest BCUT2D eigenvalue weighted by Gasteiger charge is 2.60. The van der Waals surface area contributed by atoms with Crippen LogP contribution in [0.1, 0.15) is 37.4 Å². The van der Waals surface area contributed by atoms with Crippen LogP contribution in [-0.2, 0) is 23.4 Å². The molecular weight excluding hydrogens is 676 g/mol. The quantitative estimate of drug-likeness (QED) is 0.175. The SMILES string of the molecule is CC(C)OC(=O)[C@@H](C)NP(=O)(OC[C@H]1OC(n2ccc(NC(=O)c3ccc(Cl)cc3Cl)nc2=O)C(F)(F)[C@@H]1O)Oc1ccccc1. The molecule has 2 unspecified atom stereocenters. The number of amides is 1. The molecule has 1 fully saturated rings. The van der Waals surface area contributed by atoms with Gasteiger partial charge in [-0.05, 0) is 57.2 Å². The van der Waals surface area contributed by atoms with Crippen LogP contribution in [0, 0.1) is 0 Å². The van der Waals surface area contributed by atoms with E-state index >= 15 is 8.78 Å². The van der Waals surface area contributed by atoms with Gasteiger partial charge in [0.15, 0.2) is 6.10 Å². The highest BCUT2D eigenvalue weighted by molar-refractivity contribution is 7.52. The van der Waals surface area contributed by atoms with Gasteiger partial charge in [0, 0.05) is 11.2 Å². The van der Waals surface area contributed by atoms with E-state index in [4.69, 9.17) is 41.7 Å². The molecule has 3 aromatic rings. The van der Waals surface area contributed by atoms with Crippen LogP contribution in [0.15, 0.2) is 65.6 Å². The minimum absolute atomic E-state index is 0.0166. The van der Waals surface area contributed by atoms with E-state index in [1.165, 1.54) is 37.3 Å². The number of nitrogens with zero attached hydrogens (tertiary/aromatic N) is 2. The maximum Gasteiger partial charge on any atom is 0.459 e. The first-order valence-corrected chi connectivity index (χ1v) is 15.9. The van der Waals surface area contributed by atoms with Gasteiger partial charge >= 0.3 is 25.3 Å². The molecule has 1 amide bonds. The number of benzene rings is 2. The third kappa shape index (κ3) is 8.48. The fourth-order valence-corrected chi connectivity index (χ4v) is 6.13. The first-order valence-electron chi connectivity index (χ1n) is 13.6. The van der Waals surface area contributed by atoms with E-state index in [-0.39, 0.29) is 27.2 Å². The second-order valence-electron chi connectivity index (χ2n) is 10.3. The largest absolute Gasteiger partial charge is 0.462 e. The van der Waals surface area contributed by atoms with E-state index < -0.39 is 68.4 Å². The molecule has 0 radical (unpaired) electrons. The van der Waals surface area contributed by atoms with Crippen LogP contribution in [0.3, 0.4) is 0 Å². The van der Waals surface area contributed by atoms with Crippen LogP contribution >= 0.6 is 30.9 Å². The number of carbonyl (C=O) groups is 2. The summed E-state index contributed by atoms with van der Waals surface area (Å²) >= 11 is 11.9. The normalized spacial score (nSPS) is 20.9. The van der Waals surface area contributed by atoms with Crippen molar-refractivity contribution in [2.24, 2.45) is 0 Å². The Morgan fingerprint density at radius 2 is 1.85 bits per heavy atom. The molecule has 3 N–H and O–H groups in total. The second kappa shape index (κ2) is 14.6. The van der Waals surface area contributed by atoms with E-state index in [0.29, 0.717) is 4.57 Å². The molecule has 0 bridgehead atoms. The number of aliphatic hydroxyl groups is 1. The molecule has 0 saturated carbocycles. The number of nitrogens with one attached hydrogen (secondary N) is 2. The lowest BCUT2D eigenvalue weighted by Gasteiger charge is -2.25. The van der Waals surface area contributed by atoms with Crippen molar-refractivity contribution in [1.82, 2.24) is 14.6 Å². The number of aliphatic hydroxyl groups excluding tert-OH is 1. The van der Waals surface area contributed by atoms with Crippen molar-refractivity contribution in [3.63, 3.8) is 0 Å². The van der Waals surface area contributed by atoms with Crippen molar-refractivity contribution in [3.8, 4) is 5.75 Å². The molecule has 0 spiro atoms. The fraction of sp³-hybridized carbons (Fsp3) is 0.357. The summed E-state index contributed by atoms with van der Waals surface area (Å²) < 4.78 is 65.8. The Labute approximate surface area is 271 Å². The second-order valence-corrected chi connectivity index (χ2v) is 12.8. The van der Waals surface area contributed by atoms with Crippen molar-refractivity contribution in [1.29, 1.82) is 0 Å². The molecule has 18 heteroatoms. The molecule has 2 heterocycles. The molecule has 2 aromatic carbocycles. The van der Waals surface area contributed by atoms with Crippen LogP contribution in [0.2, 0.25) is 10.0 Å². The molecule has 5 atom stereocenters. The Morgan fingerprint density at radius 1 is 1.15 bits per heavy atom. The summed E-state index contributed by atoms with van der Waals surface area (Å²) in [5.74, 6) is -5.82. The van der Waals surface area contributed by atoms with Crippen molar-refractivity contribution in [2.45, 2.75) is 57.3 Å². The zero-order valence-corrected chi connectivity index (χ0v) is 26.8.